The normalized spacial score (nSPS) is 18.6. The molecule has 0 saturated carbocycles. The van der Waals surface area contributed by atoms with Gasteiger partial charge in [0, 0.05) is 28.9 Å². The highest BCUT2D eigenvalue weighted by Crippen LogP contribution is 2.40. The fourth-order valence-electron chi connectivity index (χ4n) is 4.82. The smallest absolute Gasteiger partial charge is 0.490 e. The molecule has 2 N–H and O–H groups in total. The van der Waals surface area contributed by atoms with Gasteiger partial charge in [-0.1, -0.05) is 19.9 Å². The monoisotopic (exact) mass is 490 g/mol. The molecule has 0 bridgehead atoms. The van der Waals surface area contributed by atoms with E-state index in [0.29, 0.717) is 24.5 Å². The van der Waals surface area contributed by atoms with Gasteiger partial charge >= 0.3 is 12.1 Å². The zero-order chi connectivity index (χ0) is 25.3. The first-order chi connectivity index (χ1) is 16.6. The molecule has 2 heterocycles. The maximum Gasteiger partial charge on any atom is 0.490 e. The highest BCUT2D eigenvalue weighted by Gasteiger charge is 2.44. The number of carbonyl (C=O) groups is 1. The summed E-state index contributed by atoms with van der Waals surface area (Å²) >= 11 is 0. The first kappa shape index (κ1) is 24.9. The molecule has 188 valence electrons. The number of nitrogens with one attached hydrogen (secondary N) is 2. The average molecular weight is 491 g/mol. The third kappa shape index (κ3) is 4.96. The summed E-state index contributed by atoms with van der Waals surface area (Å²) in [6.45, 7) is 4.99. The minimum absolute atomic E-state index is 0.161. The van der Waals surface area contributed by atoms with Crippen molar-refractivity contribution in [3.8, 4) is 22.8 Å². The lowest BCUT2D eigenvalue weighted by Gasteiger charge is -2.32. The van der Waals surface area contributed by atoms with E-state index < -0.39 is 18.2 Å². The third-order valence-corrected chi connectivity index (χ3v) is 6.46. The maximum atomic E-state index is 12.8. The summed E-state index contributed by atoms with van der Waals surface area (Å²) in [6.07, 6.45) is -5.36. The molecule has 1 fully saturated rings. The minimum atomic E-state index is -5.02. The highest BCUT2D eigenvalue weighted by atomic mass is 19.4. The van der Waals surface area contributed by atoms with Crippen LogP contribution in [0.3, 0.4) is 0 Å². The van der Waals surface area contributed by atoms with Crippen LogP contribution in [0.4, 0.5) is 13.2 Å². The van der Waals surface area contributed by atoms with Gasteiger partial charge in [-0.15, -0.1) is 0 Å². The zero-order valence-electron chi connectivity index (χ0n) is 20.1. The second-order valence-corrected chi connectivity index (χ2v) is 8.98. The Kier molecular flexibility index (Phi) is 6.98. The number of piperidine rings is 1. The van der Waals surface area contributed by atoms with E-state index in [4.69, 9.17) is 14.2 Å². The van der Waals surface area contributed by atoms with Crippen LogP contribution in [0.5, 0.6) is 11.5 Å². The van der Waals surface area contributed by atoms with Gasteiger partial charge in [-0.3, -0.25) is 0 Å². The van der Waals surface area contributed by atoms with Gasteiger partial charge in [0.1, 0.15) is 6.10 Å². The summed E-state index contributed by atoms with van der Waals surface area (Å²) in [4.78, 5) is 15.0. The van der Waals surface area contributed by atoms with E-state index >= 15 is 0 Å². The summed E-state index contributed by atoms with van der Waals surface area (Å²) in [6, 6.07) is 11.6. The molecule has 9 heteroatoms. The molecule has 4 rings (SSSR count). The number of hydrogen-bond acceptors (Lipinski definition) is 5. The number of rotatable bonds is 6. The molecule has 35 heavy (non-hydrogen) atoms. The van der Waals surface area contributed by atoms with Crippen molar-refractivity contribution in [3.05, 3.63) is 47.5 Å². The maximum absolute atomic E-state index is 12.8. The molecule has 2 aromatic carbocycles. The summed E-state index contributed by atoms with van der Waals surface area (Å²) in [5.74, 6) is -1.09. The van der Waals surface area contributed by atoms with E-state index in [2.05, 4.69) is 24.1 Å². The Balaban J connectivity index is 1.76. The second kappa shape index (κ2) is 9.81. The Bertz CT molecular complexity index is 1220. The van der Waals surface area contributed by atoms with Crippen molar-refractivity contribution in [1.29, 1.82) is 0 Å². The molecule has 1 aliphatic heterocycles. The lowest BCUT2D eigenvalue weighted by Crippen LogP contribution is -2.44. The Morgan fingerprint density at radius 2 is 1.80 bits per heavy atom. The Hall–Kier alpha value is -3.20. The van der Waals surface area contributed by atoms with E-state index in [0.717, 1.165) is 33.3 Å². The fourth-order valence-corrected chi connectivity index (χ4v) is 4.82. The number of alkyl halides is 3. The van der Waals surface area contributed by atoms with Gasteiger partial charge in [0.05, 0.1) is 19.9 Å². The quantitative estimate of drug-likeness (QED) is 0.445. The Morgan fingerprint density at radius 3 is 2.46 bits per heavy atom. The number of halogens is 3. The SMILES string of the molecule is COc1ccc(-c2[nH]c3ccc(C4CCNCC4OC(=O)C(F)(F)F)cc3c2C(C)C)cc1OC. The Labute approximate surface area is 201 Å². The average Bonchev–Trinajstić information content (AvgIpc) is 3.22. The van der Waals surface area contributed by atoms with Gasteiger partial charge in [0.15, 0.2) is 11.5 Å². The number of methoxy groups -OCH3 is 2. The van der Waals surface area contributed by atoms with Gasteiger partial charge in [0.25, 0.3) is 0 Å². The number of ether oxygens (including phenoxy) is 3. The van der Waals surface area contributed by atoms with Gasteiger partial charge in [0.2, 0.25) is 0 Å². The van der Waals surface area contributed by atoms with Crippen LogP contribution in [0, 0.1) is 0 Å². The molecule has 3 aromatic rings. The van der Waals surface area contributed by atoms with Crippen molar-refractivity contribution in [1.82, 2.24) is 10.3 Å². The van der Waals surface area contributed by atoms with Crippen LogP contribution in [0.1, 0.15) is 43.2 Å². The molecule has 2 unspecified atom stereocenters. The number of benzene rings is 2. The van der Waals surface area contributed by atoms with Crippen LogP contribution in [0.15, 0.2) is 36.4 Å². The predicted octanol–water partition coefficient (Wildman–Crippen LogP) is 5.53. The summed E-state index contributed by atoms with van der Waals surface area (Å²) in [5.41, 5.74) is 4.73. The second-order valence-electron chi connectivity index (χ2n) is 8.98. The third-order valence-electron chi connectivity index (χ3n) is 6.46. The number of carbonyl (C=O) groups excluding carboxylic acids is 1. The van der Waals surface area contributed by atoms with Crippen molar-refractivity contribution in [2.45, 2.75) is 44.4 Å². The fraction of sp³-hybridized carbons (Fsp3) is 0.423. The lowest BCUT2D eigenvalue weighted by atomic mass is 9.86. The predicted molar refractivity (Wildman–Crippen MR) is 127 cm³/mol. The number of H-pyrrole nitrogens is 1. The molecular formula is C26H29F3N2O4. The molecule has 1 saturated heterocycles. The number of esters is 1. The topological polar surface area (TPSA) is 72.6 Å². The summed E-state index contributed by atoms with van der Waals surface area (Å²) < 4.78 is 54.2. The van der Waals surface area contributed by atoms with Crippen LogP contribution in [-0.4, -0.2) is 50.5 Å². The summed E-state index contributed by atoms with van der Waals surface area (Å²) in [5, 5.41) is 4.02. The van der Waals surface area contributed by atoms with Gasteiger partial charge in [-0.2, -0.15) is 13.2 Å². The van der Waals surface area contributed by atoms with E-state index in [9.17, 15) is 18.0 Å². The van der Waals surface area contributed by atoms with Crippen molar-refractivity contribution in [3.63, 3.8) is 0 Å². The molecule has 0 radical (unpaired) electrons. The molecular weight excluding hydrogens is 461 g/mol. The summed E-state index contributed by atoms with van der Waals surface area (Å²) in [7, 11) is 3.17. The van der Waals surface area contributed by atoms with E-state index in [1.807, 2.05) is 36.4 Å². The standard InChI is InChI=1S/C26H29F3N2O4/c1-14(2)23-18-11-15(17-9-10-30-13-22(17)35-25(32)26(27,28)29)5-7-19(18)31-24(23)16-6-8-20(33-3)21(12-16)34-4/h5-8,11-12,14,17,22,30-31H,9-10,13H2,1-4H3. The minimum Gasteiger partial charge on any atom is -0.493 e. The number of fused-ring (bicyclic) bond motifs is 1. The van der Waals surface area contributed by atoms with Crippen molar-refractivity contribution < 1.29 is 32.2 Å². The lowest BCUT2D eigenvalue weighted by molar-refractivity contribution is -0.206. The molecule has 2 atom stereocenters. The first-order valence-corrected chi connectivity index (χ1v) is 11.5. The van der Waals surface area contributed by atoms with Crippen molar-refractivity contribution in [2.24, 2.45) is 0 Å². The molecule has 0 amide bonds. The van der Waals surface area contributed by atoms with Gasteiger partial charge in [-0.25, -0.2) is 4.79 Å². The zero-order valence-corrected chi connectivity index (χ0v) is 20.1. The van der Waals surface area contributed by atoms with Crippen LogP contribution in [0.25, 0.3) is 22.2 Å². The van der Waals surface area contributed by atoms with Gasteiger partial charge in [-0.05, 0) is 60.3 Å². The van der Waals surface area contributed by atoms with Crippen molar-refractivity contribution in [2.75, 3.05) is 27.3 Å². The number of hydrogen-bond donors (Lipinski definition) is 2. The van der Waals surface area contributed by atoms with Gasteiger partial charge < -0.3 is 24.5 Å². The van der Waals surface area contributed by atoms with Crippen LogP contribution < -0.4 is 14.8 Å². The largest absolute Gasteiger partial charge is 0.493 e. The molecule has 1 aliphatic rings. The van der Waals surface area contributed by atoms with E-state index in [-0.39, 0.29) is 18.4 Å². The number of aromatic nitrogens is 1. The molecule has 0 aliphatic carbocycles. The molecule has 0 spiro atoms. The van der Waals surface area contributed by atoms with Crippen LogP contribution in [0.2, 0.25) is 0 Å². The van der Waals surface area contributed by atoms with Crippen molar-refractivity contribution >= 4 is 16.9 Å². The van der Waals surface area contributed by atoms with E-state index in [1.54, 1.807) is 14.2 Å². The first-order valence-electron chi connectivity index (χ1n) is 11.5. The Morgan fingerprint density at radius 1 is 1.06 bits per heavy atom. The van der Waals surface area contributed by atoms with Crippen LogP contribution >= 0.6 is 0 Å². The molecule has 1 aromatic heterocycles. The van der Waals surface area contributed by atoms with E-state index in [1.165, 1.54) is 0 Å². The highest BCUT2D eigenvalue weighted by molar-refractivity contribution is 5.92. The van der Waals surface area contributed by atoms with Crippen LogP contribution in [-0.2, 0) is 9.53 Å². The molecule has 6 nitrogen and oxygen atoms in total. The number of aromatic amines is 1.